The highest BCUT2D eigenvalue weighted by Crippen LogP contribution is 2.35. The summed E-state index contributed by atoms with van der Waals surface area (Å²) in [4.78, 5) is 4.45. The summed E-state index contributed by atoms with van der Waals surface area (Å²) in [5.74, 6) is 0. The minimum Gasteiger partial charge on any atom is -0.378 e. The van der Waals surface area contributed by atoms with E-state index >= 15 is 0 Å². The lowest BCUT2D eigenvalue weighted by molar-refractivity contribution is 0.600. The van der Waals surface area contributed by atoms with Gasteiger partial charge in [0.1, 0.15) is 5.69 Å². The van der Waals surface area contributed by atoms with Gasteiger partial charge in [0, 0.05) is 16.6 Å². The Hall–Kier alpha value is -3.69. The quantitative estimate of drug-likeness (QED) is 0.363. The average Bonchev–Trinajstić information content (AvgIpc) is 3.45. The molecule has 0 amide bonds. The Morgan fingerprint density at radius 1 is 1.10 bits per heavy atom. The summed E-state index contributed by atoms with van der Waals surface area (Å²) in [6.07, 6.45) is 3.23. The van der Waals surface area contributed by atoms with Crippen LogP contribution in [0.2, 0.25) is 0 Å². The molecule has 3 aromatic carbocycles. The number of fused-ring (bicyclic) bond motifs is 3. The zero-order valence-electron chi connectivity index (χ0n) is 16.7. The van der Waals surface area contributed by atoms with Crippen molar-refractivity contribution in [3.05, 3.63) is 76.8 Å². The fraction of sp³-hybridized carbons (Fsp3) is 0.160. The summed E-state index contributed by atoms with van der Waals surface area (Å²) >= 11 is 1.65. The number of thiazole rings is 1. The van der Waals surface area contributed by atoms with Crippen LogP contribution < -0.4 is 5.32 Å². The first-order valence-electron chi connectivity index (χ1n) is 10.4. The molecule has 6 rings (SSSR count). The minimum atomic E-state index is 0.246. The summed E-state index contributed by atoms with van der Waals surface area (Å²) in [6, 6.07) is 21.3. The van der Waals surface area contributed by atoms with Gasteiger partial charge in [0.05, 0.1) is 38.9 Å². The molecule has 2 heterocycles. The van der Waals surface area contributed by atoms with E-state index in [0.29, 0.717) is 0 Å². The molecule has 0 unspecified atom stereocenters. The molecule has 150 valence electrons. The molecule has 5 aromatic rings. The zero-order valence-corrected chi connectivity index (χ0v) is 17.5. The molecule has 0 radical (unpaired) electrons. The van der Waals surface area contributed by atoms with Crippen molar-refractivity contribution in [3.63, 3.8) is 0 Å². The van der Waals surface area contributed by atoms with E-state index in [9.17, 15) is 5.26 Å². The number of hydrogen-bond acceptors (Lipinski definition) is 5. The fourth-order valence-corrected chi connectivity index (χ4v) is 5.22. The van der Waals surface area contributed by atoms with Crippen molar-refractivity contribution in [2.75, 3.05) is 5.32 Å². The second-order valence-corrected chi connectivity index (χ2v) is 8.87. The van der Waals surface area contributed by atoms with Crippen LogP contribution >= 0.6 is 11.3 Å². The third-order valence-corrected chi connectivity index (χ3v) is 6.90. The molecular formula is C25H19N5S. The Morgan fingerprint density at radius 3 is 3.00 bits per heavy atom. The summed E-state index contributed by atoms with van der Waals surface area (Å²) in [6.45, 7) is 0. The van der Waals surface area contributed by atoms with Crippen LogP contribution in [0.4, 0.5) is 5.69 Å². The van der Waals surface area contributed by atoms with Gasteiger partial charge in [-0.3, -0.25) is 5.10 Å². The molecule has 2 aromatic heterocycles. The van der Waals surface area contributed by atoms with E-state index in [1.807, 2.05) is 17.6 Å². The lowest BCUT2D eigenvalue weighted by Crippen LogP contribution is -2.17. The van der Waals surface area contributed by atoms with Crippen LogP contribution in [0.3, 0.4) is 0 Å². The number of nitriles is 1. The second kappa shape index (κ2) is 7.22. The van der Waals surface area contributed by atoms with Gasteiger partial charge < -0.3 is 5.32 Å². The van der Waals surface area contributed by atoms with Gasteiger partial charge in [-0.05, 0) is 72.9 Å². The van der Waals surface area contributed by atoms with E-state index in [2.05, 4.69) is 69.0 Å². The first-order chi connectivity index (χ1) is 15.3. The standard InChI is InChI=1S/C25H19N5S/c26-13-15-4-7-19-16(10-15)2-1-3-21(19)28-18-6-8-22-20(12-18)25(30-29-22)17-5-9-24-23(11-17)27-14-31-24/h4-12,14,21,28H,1-3H2,(H,29,30)/t21-/m0/s1. The maximum atomic E-state index is 9.21. The van der Waals surface area contributed by atoms with E-state index in [1.165, 1.54) is 15.8 Å². The van der Waals surface area contributed by atoms with Crippen molar-refractivity contribution in [3.8, 4) is 17.3 Å². The molecule has 0 saturated carbocycles. The SMILES string of the molecule is N#Cc1ccc2c(c1)CCC[C@@H]2Nc1ccc2[nH]nc(-c3ccc4scnc4c3)c2c1. The summed E-state index contributed by atoms with van der Waals surface area (Å²) in [7, 11) is 0. The smallest absolute Gasteiger partial charge is 0.100 e. The van der Waals surface area contributed by atoms with Crippen LogP contribution in [0.5, 0.6) is 0 Å². The Morgan fingerprint density at radius 2 is 2.06 bits per heavy atom. The number of anilines is 1. The monoisotopic (exact) mass is 421 g/mol. The predicted octanol–water partition coefficient (Wildman–Crippen LogP) is 6.20. The van der Waals surface area contributed by atoms with Gasteiger partial charge >= 0.3 is 0 Å². The molecule has 0 saturated heterocycles. The number of aryl methyl sites for hydroxylation is 1. The lowest BCUT2D eigenvalue weighted by atomic mass is 9.86. The number of H-pyrrole nitrogens is 1. The topological polar surface area (TPSA) is 77.4 Å². The minimum absolute atomic E-state index is 0.246. The maximum absolute atomic E-state index is 9.21. The van der Waals surface area contributed by atoms with Gasteiger partial charge in [0.2, 0.25) is 0 Å². The molecule has 0 aliphatic heterocycles. The molecule has 0 fully saturated rings. The van der Waals surface area contributed by atoms with Gasteiger partial charge in [0.15, 0.2) is 0 Å². The van der Waals surface area contributed by atoms with E-state index in [-0.39, 0.29) is 6.04 Å². The predicted molar refractivity (Wildman–Crippen MR) is 125 cm³/mol. The van der Waals surface area contributed by atoms with Gasteiger partial charge in [-0.15, -0.1) is 11.3 Å². The van der Waals surface area contributed by atoms with Crippen LogP contribution in [0, 0.1) is 11.3 Å². The highest BCUT2D eigenvalue weighted by Gasteiger charge is 2.21. The molecule has 31 heavy (non-hydrogen) atoms. The van der Waals surface area contributed by atoms with Crippen molar-refractivity contribution in [2.45, 2.75) is 25.3 Å². The molecule has 6 heteroatoms. The van der Waals surface area contributed by atoms with Gasteiger partial charge in [-0.2, -0.15) is 10.4 Å². The van der Waals surface area contributed by atoms with Crippen molar-refractivity contribution in [1.82, 2.24) is 15.2 Å². The molecule has 5 nitrogen and oxygen atoms in total. The maximum Gasteiger partial charge on any atom is 0.100 e. The highest BCUT2D eigenvalue weighted by molar-refractivity contribution is 7.16. The molecule has 1 aliphatic carbocycles. The van der Waals surface area contributed by atoms with E-state index in [4.69, 9.17) is 0 Å². The van der Waals surface area contributed by atoms with E-state index in [1.54, 1.807) is 11.3 Å². The summed E-state index contributed by atoms with van der Waals surface area (Å²) in [5.41, 5.74) is 10.3. The number of benzene rings is 3. The van der Waals surface area contributed by atoms with E-state index in [0.717, 1.165) is 58.2 Å². The molecule has 0 bridgehead atoms. The molecule has 0 spiro atoms. The number of nitrogens with zero attached hydrogens (tertiary/aromatic N) is 3. The Balaban J connectivity index is 1.36. The largest absolute Gasteiger partial charge is 0.378 e. The normalized spacial score (nSPS) is 15.6. The van der Waals surface area contributed by atoms with Gasteiger partial charge in [-0.1, -0.05) is 12.1 Å². The lowest BCUT2D eigenvalue weighted by Gasteiger charge is -2.27. The van der Waals surface area contributed by atoms with Crippen LogP contribution in [0.25, 0.3) is 32.4 Å². The first-order valence-corrected chi connectivity index (χ1v) is 11.3. The molecule has 2 N–H and O–H groups in total. The third kappa shape index (κ3) is 3.15. The third-order valence-electron chi connectivity index (χ3n) is 6.09. The van der Waals surface area contributed by atoms with Crippen LogP contribution in [0.1, 0.15) is 35.6 Å². The number of hydrogen-bond donors (Lipinski definition) is 2. The number of aromatic amines is 1. The molecular weight excluding hydrogens is 402 g/mol. The number of aromatic nitrogens is 3. The van der Waals surface area contributed by atoms with Crippen LogP contribution in [0.15, 0.2) is 60.1 Å². The van der Waals surface area contributed by atoms with Crippen LogP contribution in [-0.4, -0.2) is 15.2 Å². The summed E-state index contributed by atoms with van der Waals surface area (Å²) < 4.78 is 1.18. The van der Waals surface area contributed by atoms with Crippen LogP contribution in [-0.2, 0) is 6.42 Å². The highest BCUT2D eigenvalue weighted by atomic mass is 32.1. The zero-order chi connectivity index (χ0) is 20.8. The average molecular weight is 422 g/mol. The van der Waals surface area contributed by atoms with Crippen molar-refractivity contribution in [1.29, 1.82) is 5.26 Å². The van der Waals surface area contributed by atoms with Crippen molar-refractivity contribution in [2.24, 2.45) is 0 Å². The molecule has 1 atom stereocenters. The van der Waals surface area contributed by atoms with Gasteiger partial charge in [0.25, 0.3) is 0 Å². The van der Waals surface area contributed by atoms with Crippen molar-refractivity contribution < 1.29 is 0 Å². The second-order valence-electron chi connectivity index (χ2n) is 7.98. The Labute approximate surface area is 183 Å². The Kier molecular flexibility index (Phi) is 4.22. The van der Waals surface area contributed by atoms with E-state index < -0.39 is 0 Å². The van der Waals surface area contributed by atoms with Crippen molar-refractivity contribution >= 4 is 38.1 Å². The number of rotatable bonds is 3. The molecule has 1 aliphatic rings. The fourth-order valence-electron chi connectivity index (χ4n) is 4.56. The number of nitrogens with one attached hydrogen (secondary N) is 2. The Bertz CT molecular complexity index is 1470. The summed E-state index contributed by atoms with van der Waals surface area (Å²) in [5, 5.41) is 21.8. The van der Waals surface area contributed by atoms with Gasteiger partial charge in [-0.25, -0.2) is 4.98 Å². The first kappa shape index (κ1) is 18.1.